The summed E-state index contributed by atoms with van der Waals surface area (Å²) < 4.78 is 21.2. The molecule has 0 radical (unpaired) electrons. The molecule has 1 N–H and O–H groups in total. The van der Waals surface area contributed by atoms with Crippen LogP contribution < -0.4 is 19.5 Å². The number of aromatic nitrogens is 2. The lowest BCUT2D eigenvalue weighted by Gasteiger charge is -2.07. The average Bonchev–Trinajstić information content (AvgIpc) is 3.24. The highest BCUT2D eigenvalue weighted by Gasteiger charge is 2.15. The van der Waals surface area contributed by atoms with E-state index in [0.29, 0.717) is 40.8 Å². The fourth-order valence-electron chi connectivity index (χ4n) is 2.53. The first-order valence-electron chi connectivity index (χ1n) is 8.81. The Morgan fingerprint density at radius 3 is 2.59 bits per heavy atom. The lowest BCUT2D eigenvalue weighted by Crippen LogP contribution is -2.22. The van der Waals surface area contributed by atoms with Gasteiger partial charge in [-0.3, -0.25) is 4.79 Å². The minimum Gasteiger partial charge on any atom is -0.497 e. The Morgan fingerprint density at radius 2 is 1.90 bits per heavy atom. The Hall–Kier alpha value is -3.81. The van der Waals surface area contributed by atoms with Gasteiger partial charge in [0.15, 0.2) is 0 Å². The molecular formula is C21H21N3O5. The van der Waals surface area contributed by atoms with Crippen molar-refractivity contribution in [1.29, 1.82) is 0 Å². The Labute approximate surface area is 168 Å². The van der Waals surface area contributed by atoms with Crippen LogP contribution in [0.2, 0.25) is 0 Å². The first kappa shape index (κ1) is 19.9. The van der Waals surface area contributed by atoms with Crippen molar-refractivity contribution in [1.82, 2.24) is 15.5 Å². The van der Waals surface area contributed by atoms with Crippen molar-refractivity contribution in [3.63, 3.8) is 0 Å². The fourth-order valence-corrected chi connectivity index (χ4v) is 2.53. The molecule has 0 fully saturated rings. The van der Waals surface area contributed by atoms with Gasteiger partial charge in [0.25, 0.3) is 5.91 Å². The highest BCUT2D eigenvalue weighted by molar-refractivity contribution is 5.94. The predicted octanol–water partition coefficient (Wildman–Crippen LogP) is 3.25. The van der Waals surface area contributed by atoms with E-state index in [-0.39, 0.29) is 18.3 Å². The summed E-state index contributed by atoms with van der Waals surface area (Å²) in [5.74, 6) is 2.25. The van der Waals surface area contributed by atoms with Gasteiger partial charge in [-0.25, -0.2) is 0 Å². The second-order valence-corrected chi connectivity index (χ2v) is 5.88. The molecule has 0 bridgehead atoms. The maximum Gasteiger partial charge on any atom is 0.251 e. The monoisotopic (exact) mass is 395 g/mol. The first-order valence-corrected chi connectivity index (χ1v) is 8.81. The normalized spacial score (nSPS) is 10.3. The third-order valence-corrected chi connectivity index (χ3v) is 4.00. The molecule has 1 amide bonds. The van der Waals surface area contributed by atoms with Gasteiger partial charge in [-0.2, -0.15) is 4.98 Å². The highest BCUT2D eigenvalue weighted by Crippen LogP contribution is 2.31. The number of hydrogen-bond donors (Lipinski definition) is 1. The summed E-state index contributed by atoms with van der Waals surface area (Å²) in [7, 11) is 3.12. The van der Waals surface area contributed by atoms with Crippen molar-refractivity contribution in [3.8, 4) is 28.6 Å². The minimum atomic E-state index is -0.262. The number of benzene rings is 2. The molecule has 0 aliphatic heterocycles. The summed E-state index contributed by atoms with van der Waals surface area (Å²) in [4.78, 5) is 16.6. The molecule has 1 heterocycles. The van der Waals surface area contributed by atoms with Gasteiger partial charge in [0, 0.05) is 11.6 Å². The number of nitrogens with one attached hydrogen (secondary N) is 1. The molecule has 2 aromatic carbocycles. The second kappa shape index (κ2) is 9.41. The Bertz CT molecular complexity index is 982. The van der Waals surface area contributed by atoms with Crippen molar-refractivity contribution in [2.24, 2.45) is 0 Å². The molecule has 1 aromatic heterocycles. The van der Waals surface area contributed by atoms with Gasteiger partial charge < -0.3 is 24.1 Å². The number of nitrogens with zero attached hydrogens (tertiary/aromatic N) is 2. The Balaban J connectivity index is 1.63. The minimum absolute atomic E-state index is 0.0962. The van der Waals surface area contributed by atoms with Crippen LogP contribution in [0.25, 0.3) is 11.4 Å². The summed E-state index contributed by atoms with van der Waals surface area (Å²) >= 11 is 0. The number of ether oxygens (including phenoxy) is 3. The maximum absolute atomic E-state index is 12.3. The van der Waals surface area contributed by atoms with Gasteiger partial charge in [0.05, 0.1) is 26.3 Å². The van der Waals surface area contributed by atoms with Crippen molar-refractivity contribution < 1.29 is 23.5 Å². The number of carbonyl (C=O) groups excluding carboxylic acids is 1. The molecule has 0 atom stereocenters. The van der Waals surface area contributed by atoms with Crippen LogP contribution in [0.4, 0.5) is 0 Å². The maximum atomic E-state index is 12.3. The van der Waals surface area contributed by atoms with Crippen LogP contribution in [0.1, 0.15) is 16.2 Å². The predicted molar refractivity (Wildman–Crippen MR) is 106 cm³/mol. The van der Waals surface area contributed by atoms with Gasteiger partial charge in [-0.15, -0.1) is 0 Å². The Morgan fingerprint density at radius 1 is 1.14 bits per heavy atom. The van der Waals surface area contributed by atoms with Gasteiger partial charge in [0.2, 0.25) is 11.7 Å². The van der Waals surface area contributed by atoms with Crippen molar-refractivity contribution in [3.05, 3.63) is 66.6 Å². The van der Waals surface area contributed by atoms with Crippen molar-refractivity contribution >= 4 is 5.91 Å². The van der Waals surface area contributed by atoms with E-state index in [2.05, 4.69) is 22.0 Å². The molecule has 0 spiro atoms. The molecule has 3 aromatic rings. The lowest BCUT2D eigenvalue weighted by atomic mass is 10.2. The topological polar surface area (TPSA) is 95.7 Å². The second-order valence-electron chi connectivity index (χ2n) is 5.88. The number of hydrogen-bond acceptors (Lipinski definition) is 7. The molecule has 150 valence electrons. The van der Waals surface area contributed by atoms with E-state index in [1.165, 1.54) is 0 Å². The van der Waals surface area contributed by atoms with Crippen LogP contribution in [0.3, 0.4) is 0 Å². The number of methoxy groups -OCH3 is 2. The zero-order valence-electron chi connectivity index (χ0n) is 16.2. The highest BCUT2D eigenvalue weighted by atomic mass is 16.5. The molecule has 0 saturated heterocycles. The third kappa shape index (κ3) is 4.92. The quantitative estimate of drug-likeness (QED) is 0.556. The van der Waals surface area contributed by atoms with Crippen molar-refractivity contribution in [2.45, 2.75) is 6.54 Å². The molecule has 8 nitrogen and oxygen atoms in total. The van der Waals surface area contributed by atoms with E-state index in [0.717, 1.165) is 0 Å². The van der Waals surface area contributed by atoms with Crippen LogP contribution in [0.5, 0.6) is 17.2 Å². The molecule has 8 heteroatoms. The SMILES string of the molecule is C=CCOc1ccc(C(=O)NCc2nc(-c3ccc(OC)cc3OC)no2)cc1. The van der Waals surface area contributed by atoms with Gasteiger partial charge in [0.1, 0.15) is 23.9 Å². The summed E-state index contributed by atoms with van der Waals surface area (Å²) in [6.07, 6.45) is 1.65. The molecule has 0 saturated carbocycles. The van der Waals surface area contributed by atoms with Gasteiger partial charge in [-0.1, -0.05) is 17.8 Å². The fraction of sp³-hybridized carbons (Fsp3) is 0.190. The van der Waals surface area contributed by atoms with Crippen LogP contribution in [0.15, 0.2) is 59.6 Å². The largest absolute Gasteiger partial charge is 0.497 e. The molecule has 0 aliphatic rings. The standard InChI is InChI=1S/C21H21N3O5/c1-4-11-28-15-7-5-14(6-8-15)21(25)22-13-19-23-20(24-29-19)17-10-9-16(26-2)12-18(17)27-3/h4-10,12H,1,11,13H2,2-3H3,(H,22,25). The zero-order chi connectivity index (χ0) is 20.6. The third-order valence-electron chi connectivity index (χ3n) is 4.00. The molecule has 0 aliphatic carbocycles. The van der Waals surface area contributed by atoms with Crippen LogP contribution in [-0.2, 0) is 6.54 Å². The molecular weight excluding hydrogens is 374 g/mol. The lowest BCUT2D eigenvalue weighted by molar-refractivity contribution is 0.0946. The van der Waals surface area contributed by atoms with E-state index in [4.69, 9.17) is 18.7 Å². The summed E-state index contributed by atoms with van der Waals surface area (Å²) in [5.41, 5.74) is 1.15. The van der Waals surface area contributed by atoms with Crippen LogP contribution in [-0.4, -0.2) is 36.9 Å². The smallest absolute Gasteiger partial charge is 0.251 e. The average molecular weight is 395 g/mol. The zero-order valence-corrected chi connectivity index (χ0v) is 16.2. The number of rotatable bonds is 9. The summed E-state index contributed by atoms with van der Waals surface area (Å²) in [6.45, 7) is 4.09. The van der Waals surface area contributed by atoms with E-state index < -0.39 is 0 Å². The van der Waals surface area contributed by atoms with E-state index in [9.17, 15) is 4.79 Å². The van der Waals surface area contributed by atoms with E-state index >= 15 is 0 Å². The van der Waals surface area contributed by atoms with Crippen molar-refractivity contribution in [2.75, 3.05) is 20.8 Å². The van der Waals surface area contributed by atoms with Gasteiger partial charge in [-0.05, 0) is 36.4 Å². The van der Waals surface area contributed by atoms with Gasteiger partial charge >= 0.3 is 0 Å². The molecule has 3 rings (SSSR count). The van der Waals surface area contributed by atoms with E-state index in [1.807, 2.05) is 0 Å². The summed E-state index contributed by atoms with van der Waals surface area (Å²) in [5, 5.41) is 6.70. The van der Waals surface area contributed by atoms with Crippen LogP contribution in [0, 0.1) is 0 Å². The number of amides is 1. The molecule has 29 heavy (non-hydrogen) atoms. The van der Waals surface area contributed by atoms with Crippen LogP contribution >= 0.6 is 0 Å². The first-order chi connectivity index (χ1) is 14.1. The molecule has 0 unspecified atom stereocenters. The number of carbonyl (C=O) groups is 1. The van der Waals surface area contributed by atoms with E-state index in [1.54, 1.807) is 62.8 Å². The summed E-state index contributed by atoms with van der Waals surface area (Å²) in [6, 6.07) is 12.1. The Kier molecular flexibility index (Phi) is 6.47.